The number of aromatic nitrogens is 1. The van der Waals surface area contributed by atoms with E-state index in [0.29, 0.717) is 11.7 Å². The minimum atomic E-state index is 0.325. The zero-order valence-corrected chi connectivity index (χ0v) is 11.8. The number of nitrogens with zero attached hydrogens (tertiary/aromatic N) is 1. The van der Waals surface area contributed by atoms with Crippen LogP contribution in [0.2, 0.25) is 5.02 Å². The zero-order valence-electron chi connectivity index (χ0n) is 10.2. The van der Waals surface area contributed by atoms with Crippen molar-refractivity contribution in [3.63, 3.8) is 0 Å². The highest BCUT2D eigenvalue weighted by Gasteiger charge is 2.12. The van der Waals surface area contributed by atoms with E-state index in [1.165, 1.54) is 4.88 Å². The summed E-state index contributed by atoms with van der Waals surface area (Å²) in [6.07, 6.45) is 5.32. The molecule has 18 heavy (non-hydrogen) atoms. The third-order valence-corrected chi connectivity index (χ3v) is 4.24. The fourth-order valence-corrected chi connectivity index (χ4v) is 2.94. The lowest BCUT2D eigenvalue weighted by molar-refractivity contribution is 0.697. The normalized spacial score (nSPS) is 12.3. The number of rotatable bonds is 5. The number of anilines is 2. The molecule has 0 aliphatic rings. The number of halogens is 1. The van der Waals surface area contributed by atoms with Crippen LogP contribution in [-0.4, -0.2) is 11.0 Å². The Morgan fingerprint density at radius 2 is 2.33 bits per heavy atom. The summed E-state index contributed by atoms with van der Waals surface area (Å²) in [4.78, 5) is 5.20. The van der Waals surface area contributed by atoms with Crippen molar-refractivity contribution in [1.29, 1.82) is 0 Å². The molecule has 0 aromatic carbocycles. The van der Waals surface area contributed by atoms with Crippen molar-refractivity contribution in [2.75, 3.05) is 11.1 Å². The van der Waals surface area contributed by atoms with Crippen LogP contribution < -0.4 is 11.1 Å². The van der Waals surface area contributed by atoms with Gasteiger partial charge in [0, 0.05) is 23.5 Å². The molecule has 2 heterocycles. The van der Waals surface area contributed by atoms with Gasteiger partial charge < -0.3 is 11.1 Å². The van der Waals surface area contributed by atoms with Crippen molar-refractivity contribution in [2.24, 2.45) is 0 Å². The number of pyridine rings is 1. The summed E-state index contributed by atoms with van der Waals surface area (Å²) in [7, 11) is 0. The quantitative estimate of drug-likeness (QED) is 0.876. The van der Waals surface area contributed by atoms with Crippen LogP contribution in [-0.2, 0) is 6.42 Å². The second-order valence-electron chi connectivity index (χ2n) is 4.11. The van der Waals surface area contributed by atoms with Crippen LogP contribution in [0.4, 0.5) is 11.4 Å². The van der Waals surface area contributed by atoms with Gasteiger partial charge in [-0.05, 0) is 23.9 Å². The second kappa shape index (κ2) is 6.07. The Kier molecular flexibility index (Phi) is 4.44. The summed E-state index contributed by atoms with van der Waals surface area (Å²) in [6, 6.07) is 4.16. The molecule has 0 spiro atoms. The Hall–Kier alpha value is -1.26. The lowest BCUT2D eigenvalue weighted by atomic mass is 10.1. The monoisotopic (exact) mass is 281 g/mol. The standard InChI is InChI=1S/C13H16ClN3S/c1-2-9(7-13-10(14)4-6-18-13)17-12-3-5-16-8-11(12)15/h3-6,8-9H,2,7,15H2,1H3,(H,16,17). The molecule has 0 bridgehead atoms. The first-order chi connectivity index (χ1) is 8.70. The Morgan fingerprint density at radius 1 is 1.50 bits per heavy atom. The van der Waals surface area contributed by atoms with Gasteiger partial charge in [-0.2, -0.15) is 0 Å². The minimum absolute atomic E-state index is 0.325. The summed E-state index contributed by atoms with van der Waals surface area (Å²) in [5.41, 5.74) is 7.49. The Labute approximate surface area is 116 Å². The van der Waals surface area contributed by atoms with Gasteiger partial charge in [0.05, 0.1) is 22.6 Å². The van der Waals surface area contributed by atoms with Gasteiger partial charge in [-0.25, -0.2) is 0 Å². The molecule has 0 aliphatic carbocycles. The second-order valence-corrected chi connectivity index (χ2v) is 5.52. The highest BCUT2D eigenvalue weighted by atomic mass is 35.5. The maximum absolute atomic E-state index is 6.12. The molecule has 0 saturated heterocycles. The average Bonchev–Trinajstić information content (AvgIpc) is 2.77. The van der Waals surface area contributed by atoms with Crippen molar-refractivity contribution in [3.05, 3.63) is 39.8 Å². The van der Waals surface area contributed by atoms with E-state index in [-0.39, 0.29) is 0 Å². The van der Waals surface area contributed by atoms with Crippen molar-refractivity contribution >= 4 is 34.3 Å². The van der Waals surface area contributed by atoms with Crippen molar-refractivity contribution in [3.8, 4) is 0 Å². The molecule has 1 atom stereocenters. The predicted octanol–water partition coefficient (Wildman–Crippen LogP) is 3.81. The van der Waals surface area contributed by atoms with E-state index in [1.54, 1.807) is 23.7 Å². The molecule has 2 rings (SSSR count). The molecule has 1 unspecified atom stereocenters. The molecule has 0 aliphatic heterocycles. The number of hydrogen-bond donors (Lipinski definition) is 2. The summed E-state index contributed by atoms with van der Waals surface area (Å²) < 4.78 is 0. The molecule has 0 saturated carbocycles. The third-order valence-electron chi connectivity index (χ3n) is 2.83. The number of nitrogens with one attached hydrogen (secondary N) is 1. The average molecular weight is 282 g/mol. The van der Waals surface area contributed by atoms with Crippen LogP contribution in [0.15, 0.2) is 29.9 Å². The van der Waals surface area contributed by atoms with E-state index in [9.17, 15) is 0 Å². The highest BCUT2D eigenvalue weighted by molar-refractivity contribution is 7.10. The molecule has 0 radical (unpaired) electrons. The van der Waals surface area contributed by atoms with Crippen LogP contribution >= 0.6 is 22.9 Å². The van der Waals surface area contributed by atoms with Crippen LogP contribution in [0.25, 0.3) is 0 Å². The fraction of sp³-hybridized carbons (Fsp3) is 0.308. The molecule has 3 N–H and O–H groups in total. The molecule has 96 valence electrons. The number of thiophene rings is 1. The molecule has 0 amide bonds. The molecular formula is C13H16ClN3S. The summed E-state index contributed by atoms with van der Waals surface area (Å²) >= 11 is 7.82. The van der Waals surface area contributed by atoms with Gasteiger partial charge in [0.25, 0.3) is 0 Å². The molecular weight excluding hydrogens is 266 g/mol. The van der Waals surface area contributed by atoms with Gasteiger partial charge in [-0.1, -0.05) is 18.5 Å². The van der Waals surface area contributed by atoms with E-state index in [4.69, 9.17) is 17.3 Å². The maximum atomic E-state index is 6.12. The Balaban J connectivity index is 2.06. The van der Waals surface area contributed by atoms with Gasteiger partial charge in [0.15, 0.2) is 0 Å². The van der Waals surface area contributed by atoms with Crippen LogP contribution in [0.1, 0.15) is 18.2 Å². The van der Waals surface area contributed by atoms with E-state index in [0.717, 1.165) is 23.6 Å². The van der Waals surface area contributed by atoms with Crippen molar-refractivity contribution in [1.82, 2.24) is 4.98 Å². The van der Waals surface area contributed by atoms with Gasteiger partial charge in [-0.15, -0.1) is 11.3 Å². The van der Waals surface area contributed by atoms with Gasteiger partial charge in [0.2, 0.25) is 0 Å². The predicted molar refractivity (Wildman–Crippen MR) is 79.4 cm³/mol. The van der Waals surface area contributed by atoms with E-state index < -0.39 is 0 Å². The van der Waals surface area contributed by atoms with E-state index in [1.807, 2.05) is 17.5 Å². The summed E-state index contributed by atoms with van der Waals surface area (Å²) in [6.45, 7) is 2.15. The summed E-state index contributed by atoms with van der Waals surface area (Å²) in [5, 5.41) is 6.31. The number of hydrogen-bond acceptors (Lipinski definition) is 4. The highest BCUT2D eigenvalue weighted by Crippen LogP contribution is 2.26. The first-order valence-corrected chi connectivity index (χ1v) is 7.14. The maximum Gasteiger partial charge on any atom is 0.0736 e. The smallest absolute Gasteiger partial charge is 0.0736 e. The van der Waals surface area contributed by atoms with Gasteiger partial charge in [0.1, 0.15) is 0 Å². The third kappa shape index (κ3) is 3.15. The van der Waals surface area contributed by atoms with Crippen LogP contribution in [0.5, 0.6) is 0 Å². The number of nitrogen functional groups attached to an aromatic ring is 1. The van der Waals surface area contributed by atoms with Gasteiger partial charge >= 0.3 is 0 Å². The summed E-state index contributed by atoms with van der Waals surface area (Å²) in [5.74, 6) is 0. The van der Waals surface area contributed by atoms with E-state index >= 15 is 0 Å². The molecule has 2 aromatic rings. The topological polar surface area (TPSA) is 50.9 Å². The fourth-order valence-electron chi connectivity index (χ4n) is 1.75. The van der Waals surface area contributed by atoms with Gasteiger partial charge in [-0.3, -0.25) is 4.98 Å². The van der Waals surface area contributed by atoms with Crippen LogP contribution in [0, 0.1) is 0 Å². The molecule has 3 nitrogen and oxygen atoms in total. The van der Waals surface area contributed by atoms with Crippen LogP contribution in [0.3, 0.4) is 0 Å². The Morgan fingerprint density at radius 3 is 2.94 bits per heavy atom. The Bertz CT molecular complexity index is 512. The molecule has 5 heteroatoms. The molecule has 0 fully saturated rings. The lowest BCUT2D eigenvalue weighted by Gasteiger charge is -2.18. The lowest BCUT2D eigenvalue weighted by Crippen LogP contribution is -2.21. The first-order valence-electron chi connectivity index (χ1n) is 5.88. The SMILES string of the molecule is CCC(Cc1sccc1Cl)Nc1ccncc1N. The largest absolute Gasteiger partial charge is 0.396 e. The van der Waals surface area contributed by atoms with Crippen molar-refractivity contribution in [2.45, 2.75) is 25.8 Å². The van der Waals surface area contributed by atoms with E-state index in [2.05, 4.69) is 17.2 Å². The zero-order chi connectivity index (χ0) is 13.0. The minimum Gasteiger partial charge on any atom is -0.396 e. The molecule has 2 aromatic heterocycles. The number of nitrogens with two attached hydrogens (primary N) is 1. The van der Waals surface area contributed by atoms with Crippen molar-refractivity contribution < 1.29 is 0 Å². The first kappa shape index (κ1) is 13.2.